The van der Waals surface area contributed by atoms with E-state index in [4.69, 9.17) is 0 Å². The summed E-state index contributed by atoms with van der Waals surface area (Å²) in [6, 6.07) is 3.46. The first-order valence-corrected chi connectivity index (χ1v) is 8.36. The molecular formula is C18H20F2N4O. The van der Waals surface area contributed by atoms with Crippen molar-refractivity contribution in [3.63, 3.8) is 0 Å². The fourth-order valence-corrected chi connectivity index (χ4v) is 3.03. The lowest BCUT2D eigenvalue weighted by Crippen LogP contribution is -2.48. The number of aryl methyl sites for hydroxylation is 1. The first kappa shape index (κ1) is 17.3. The van der Waals surface area contributed by atoms with Crippen LogP contribution < -0.4 is 10.2 Å². The fourth-order valence-electron chi connectivity index (χ4n) is 3.03. The van der Waals surface area contributed by atoms with Crippen molar-refractivity contribution < 1.29 is 13.6 Å². The fraction of sp³-hybridized carbons (Fsp3) is 0.389. The summed E-state index contributed by atoms with van der Waals surface area (Å²) in [4.78, 5) is 22.6. The van der Waals surface area contributed by atoms with Gasteiger partial charge in [-0.1, -0.05) is 6.07 Å². The molecule has 5 nitrogen and oxygen atoms in total. The van der Waals surface area contributed by atoms with Gasteiger partial charge >= 0.3 is 0 Å². The van der Waals surface area contributed by atoms with E-state index in [0.29, 0.717) is 12.1 Å². The van der Waals surface area contributed by atoms with Crippen molar-refractivity contribution in [1.29, 1.82) is 0 Å². The van der Waals surface area contributed by atoms with Crippen LogP contribution in [0.3, 0.4) is 0 Å². The van der Waals surface area contributed by atoms with Crippen molar-refractivity contribution >= 4 is 11.7 Å². The van der Waals surface area contributed by atoms with Gasteiger partial charge in [0, 0.05) is 44.0 Å². The van der Waals surface area contributed by atoms with Gasteiger partial charge in [-0.15, -0.1) is 0 Å². The summed E-state index contributed by atoms with van der Waals surface area (Å²) < 4.78 is 26.5. The average Bonchev–Trinajstić information content (AvgIpc) is 2.62. The molecule has 3 rings (SSSR count). The second kappa shape index (κ2) is 8.00. The summed E-state index contributed by atoms with van der Waals surface area (Å²) in [7, 11) is 0. The van der Waals surface area contributed by atoms with Gasteiger partial charge in [-0.25, -0.2) is 13.8 Å². The Morgan fingerprint density at radius 1 is 1.32 bits per heavy atom. The number of benzene rings is 1. The lowest BCUT2D eigenvalue weighted by molar-refractivity contribution is -0.121. The molecule has 0 bridgehead atoms. The molecule has 0 aliphatic carbocycles. The Bertz CT molecular complexity index is 726. The van der Waals surface area contributed by atoms with Crippen LogP contribution in [0.1, 0.15) is 24.8 Å². The van der Waals surface area contributed by atoms with Crippen LogP contribution >= 0.6 is 0 Å². The highest BCUT2D eigenvalue weighted by molar-refractivity contribution is 5.76. The number of anilines is 1. The molecule has 1 aromatic carbocycles. The van der Waals surface area contributed by atoms with Crippen LogP contribution in [0.2, 0.25) is 0 Å². The number of amides is 1. The highest BCUT2D eigenvalue weighted by atomic mass is 19.1. The van der Waals surface area contributed by atoms with Crippen molar-refractivity contribution in [2.45, 2.75) is 31.7 Å². The molecule has 132 valence electrons. The molecule has 1 amide bonds. The molecule has 25 heavy (non-hydrogen) atoms. The van der Waals surface area contributed by atoms with Crippen LogP contribution in [0.25, 0.3) is 0 Å². The molecule has 0 unspecified atom stereocenters. The number of nitrogens with zero attached hydrogens (tertiary/aromatic N) is 3. The van der Waals surface area contributed by atoms with E-state index in [0.717, 1.165) is 31.3 Å². The lowest BCUT2D eigenvalue weighted by atomic mass is 10.0. The SMILES string of the molecule is O=C(CCc1ccc(F)cc1F)N[C@H]1CCCN(c2cnccn2)C1. The molecule has 1 fully saturated rings. The van der Waals surface area contributed by atoms with Crippen molar-refractivity contribution in [3.8, 4) is 0 Å². The largest absolute Gasteiger partial charge is 0.353 e. The quantitative estimate of drug-likeness (QED) is 0.904. The maximum absolute atomic E-state index is 13.6. The molecule has 0 saturated carbocycles. The smallest absolute Gasteiger partial charge is 0.220 e. The van der Waals surface area contributed by atoms with Gasteiger partial charge in [-0.2, -0.15) is 0 Å². The minimum absolute atomic E-state index is 0.0290. The summed E-state index contributed by atoms with van der Waals surface area (Å²) >= 11 is 0. The summed E-state index contributed by atoms with van der Waals surface area (Å²) in [6.45, 7) is 1.56. The van der Waals surface area contributed by atoms with Gasteiger partial charge in [0.15, 0.2) is 0 Å². The molecule has 1 N–H and O–H groups in total. The molecule has 0 spiro atoms. The molecule has 7 heteroatoms. The minimum Gasteiger partial charge on any atom is -0.353 e. The van der Waals surface area contributed by atoms with E-state index >= 15 is 0 Å². The van der Waals surface area contributed by atoms with Gasteiger partial charge in [-0.05, 0) is 30.9 Å². The molecule has 2 heterocycles. The Balaban J connectivity index is 1.50. The maximum atomic E-state index is 13.6. The van der Waals surface area contributed by atoms with Crippen molar-refractivity contribution in [3.05, 3.63) is 54.0 Å². The van der Waals surface area contributed by atoms with Crippen molar-refractivity contribution in [2.24, 2.45) is 0 Å². The van der Waals surface area contributed by atoms with Crippen LogP contribution in [-0.2, 0) is 11.2 Å². The van der Waals surface area contributed by atoms with E-state index in [9.17, 15) is 13.6 Å². The van der Waals surface area contributed by atoms with Crippen LogP contribution in [0, 0.1) is 11.6 Å². The van der Waals surface area contributed by atoms with Gasteiger partial charge in [0.05, 0.1) is 6.20 Å². The Kier molecular flexibility index (Phi) is 5.53. The highest BCUT2D eigenvalue weighted by Crippen LogP contribution is 2.17. The second-order valence-corrected chi connectivity index (χ2v) is 6.15. The number of hydrogen-bond acceptors (Lipinski definition) is 4. The zero-order valence-electron chi connectivity index (χ0n) is 13.8. The topological polar surface area (TPSA) is 58.1 Å². The third kappa shape index (κ3) is 4.71. The van der Waals surface area contributed by atoms with Crippen LogP contribution in [0.4, 0.5) is 14.6 Å². The predicted molar refractivity (Wildman–Crippen MR) is 90.1 cm³/mol. The number of carbonyl (C=O) groups is 1. The molecule has 1 aliphatic heterocycles. The number of nitrogens with one attached hydrogen (secondary N) is 1. The van der Waals surface area contributed by atoms with E-state index in [-0.39, 0.29) is 24.8 Å². The average molecular weight is 346 g/mol. The highest BCUT2D eigenvalue weighted by Gasteiger charge is 2.22. The van der Waals surface area contributed by atoms with Gasteiger partial charge in [0.1, 0.15) is 17.5 Å². The van der Waals surface area contributed by atoms with Gasteiger partial charge < -0.3 is 10.2 Å². The Morgan fingerprint density at radius 2 is 2.20 bits per heavy atom. The van der Waals surface area contributed by atoms with E-state index in [1.54, 1.807) is 18.6 Å². The van der Waals surface area contributed by atoms with Crippen molar-refractivity contribution in [2.75, 3.05) is 18.0 Å². The molecule has 2 aromatic rings. The Labute approximate surface area is 145 Å². The maximum Gasteiger partial charge on any atom is 0.220 e. The summed E-state index contributed by atoms with van der Waals surface area (Å²) in [5, 5.41) is 2.99. The number of piperidine rings is 1. The number of aromatic nitrogens is 2. The van der Waals surface area contributed by atoms with E-state index in [2.05, 4.69) is 20.2 Å². The number of carbonyl (C=O) groups excluding carboxylic acids is 1. The number of rotatable bonds is 5. The van der Waals surface area contributed by atoms with E-state index < -0.39 is 11.6 Å². The molecule has 1 aromatic heterocycles. The van der Waals surface area contributed by atoms with Crippen LogP contribution in [-0.4, -0.2) is 35.0 Å². The van der Waals surface area contributed by atoms with Gasteiger partial charge in [0.25, 0.3) is 0 Å². The molecule has 0 radical (unpaired) electrons. The first-order valence-electron chi connectivity index (χ1n) is 8.36. The zero-order valence-corrected chi connectivity index (χ0v) is 13.8. The summed E-state index contributed by atoms with van der Waals surface area (Å²) in [5.41, 5.74) is 0.349. The monoisotopic (exact) mass is 346 g/mol. The van der Waals surface area contributed by atoms with E-state index in [1.807, 2.05) is 0 Å². The third-order valence-corrected chi connectivity index (χ3v) is 4.30. The lowest BCUT2D eigenvalue weighted by Gasteiger charge is -2.33. The second-order valence-electron chi connectivity index (χ2n) is 6.15. The standard InChI is InChI=1S/C18H20F2N4O/c19-14-5-3-13(16(20)10-14)4-6-18(25)23-15-2-1-9-24(12-15)17-11-21-7-8-22-17/h3,5,7-8,10-11,15H,1-2,4,6,9,12H2,(H,23,25)/t15-/m0/s1. The third-order valence-electron chi connectivity index (χ3n) is 4.30. The molecule has 1 atom stereocenters. The molecular weight excluding hydrogens is 326 g/mol. The van der Waals surface area contributed by atoms with Crippen LogP contribution in [0.15, 0.2) is 36.8 Å². The van der Waals surface area contributed by atoms with E-state index in [1.165, 1.54) is 12.1 Å². The molecule has 1 aliphatic rings. The Hall–Kier alpha value is -2.57. The predicted octanol–water partition coefficient (Wildman–Crippen LogP) is 2.47. The van der Waals surface area contributed by atoms with Crippen LogP contribution in [0.5, 0.6) is 0 Å². The minimum atomic E-state index is -0.614. The molecule has 1 saturated heterocycles. The number of hydrogen-bond donors (Lipinski definition) is 1. The zero-order chi connectivity index (χ0) is 17.6. The Morgan fingerprint density at radius 3 is 2.96 bits per heavy atom. The summed E-state index contributed by atoms with van der Waals surface area (Å²) in [6.07, 6.45) is 7.25. The summed E-state index contributed by atoms with van der Waals surface area (Å²) in [5.74, 6) is -0.555. The van der Waals surface area contributed by atoms with Gasteiger partial charge in [0.2, 0.25) is 5.91 Å². The van der Waals surface area contributed by atoms with Gasteiger partial charge in [-0.3, -0.25) is 9.78 Å². The normalized spacial score (nSPS) is 17.4. The number of halogens is 2. The van der Waals surface area contributed by atoms with Crippen molar-refractivity contribution in [1.82, 2.24) is 15.3 Å². The first-order chi connectivity index (χ1) is 12.1.